The summed E-state index contributed by atoms with van der Waals surface area (Å²) in [5.74, 6) is -1.57. The van der Waals surface area contributed by atoms with Crippen molar-refractivity contribution in [1.29, 1.82) is 0 Å². The summed E-state index contributed by atoms with van der Waals surface area (Å²) in [6.45, 7) is 4.30. The SMILES string of the molecule is CC(C)Cc1ccc(C(=O)[C@H]2[C@H](c3ccc(F)cc3)C3(C(=O)c4ccccc4C3=O)[C@H]3C=Cc4ccccc4N23)cc1. The molecule has 0 aromatic heterocycles. The number of benzene rings is 4. The molecule has 2 aliphatic heterocycles. The molecule has 3 atom stereocenters. The van der Waals surface area contributed by atoms with Gasteiger partial charge in [0.1, 0.15) is 17.3 Å². The summed E-state index contributed by atoms with van der Waals surface area (Å²) in [4.78, 5) is 46.0. The summed E-state index contributed by atoms with van der Waals surface area (Å²) in [6, 6.07) is 26.6. The van der Waals surface area contributed by atoms with Crippen molar-refractivity contribution in [3.8, 4) is 0 Å². The van der Waals surface area contributed by atoms with E-state index in [9.17, 15) is 18.8 Å². The number of halogens is 1. The number of ketones is 3. The topological polar surface area (TPSA) is 54.5 Å². The van der Waals surface area contributed by atoms with Gasteiger partial charge in [0, 0.05) is 28.3 Å². The molecule has 0 radical (unpaired) electrons. The minimum atomic E-state index is -1.59. The molecule has 1 saturated heterocycles. The van der Waals surface area contributed by atoms with E-state index in [-0.39, 0.29) is 17.3 Å². The predicted octanol–water partition coefficient (Wildman–Crippen LogP) is 7.34. The van der Waals surface area contributed by atoms with E-state index in [1.807, 2.05) is 65.6 Å². The highest BCUT2D eigenvalue weighted by Crippen LogP contribution is 2.60. The molecule has 3 aliphatic rings. The molecule has 0 saturated carbocycles. The molecule has 1 spiro atoms. The first kappa shape index (κ1) is 26.3. The van der Waals surface area contributed by atoms with Crippen LogP contribution in [0.1, 0.15) is 67.5 Å². The monoisotopic (exact) mass is 555 g/mol. The third-order valence-corrected chi connectivity index (χ3v) is 9.09. The van der Waals surface area contributed by atoms with E-state index in [2.05, 4.69) is 13.8 Å². The van der Waals surface area contributed by atoms with Crippen molar-refractivity contribution in [3.05, 3.63) is 142 Å². The van der Waals surface area contributed by atoms with Crippen molar-refractivity contribution in [2.75, 3.05) is 4.90 Å². The second kappa shape index (κ2) is 9.73. The van der Waals surface area contributed by atoms with Crippen molar-refractivity contribution in [1.82, 2.24) is 0 Å². The zero-order chi connectivity index (χ0) is 29.2. The molecule has 7 rings (SSSR count). The van der Waals surface area contributed by atoms with Crippen LogP contribution in [0.2, 0.25) is 0 Å². The largest absolute Gasteiger partial charge is 0.352 e. The summed E-state index contributed by atoms with van der Waals surface area (Å²) >= 11 is 0. The van der Waals surface area contributed by atoms with Crippen LogP contribution < -0.4 is 4.90 Å². The Balaban J connectivity index is 1.48. The molecule has 0 N–H and O–H groups in total. The number of hydrogen-bond acceptors (Lipinski definition) is 4. The Kier molecular flexibility index (Phi) is 6.09. The summed E-state index contributed by atoms with van der Waals surface area (Å²) < 4.78 is 14.2. The van der Waals surface area contributed by atoms with Crippen LogP contribution >= 0.6 is 0 Å². The average molecular weight is 556 g/mol. The van der Waals surface area contributed by atoms with Crippen LogP contribution in [0.25, 0.3) is 6.08 Å². The number of anilines is 1. The molecular weight excluding hydrogens is 525 g/mol. The van der Waals surface area contributed by atoms with Crippen LogP contribution in [0.3, 0.4) is 0 Å². The standard InChI is InChI=1S/C37H30FNO3/c1-22(2)21-23-11-13-26(14-12-23)34(40)33-32(25-15-18-27(38)19-16-25)37(35(41)28-8-4-5-9-29(28)36(37)42)31-20-17-24-7-3-6-10-30(24)39(31)33/h3-20,22,31-33H,21H2,1-2H3/t31-,32+,33-/m1/s1. The van der Waals surface area contributed by atoms with E-state index in [1.54, 1.807) is 36.4 Å². The number of rotatable bonds is 5. The number of Topliss-reactive ketones (excluding diaryl/α,β-unsaturated/α-hetero) is 3. The van der Waals surface area contributed by atoms with Crippen molar-refractivity contribution in [2.45, 2.75) is 38.3 Å². The van der Waals surface area contributed by atoms with Gasteiger partial charge in [-0.2, -0.15) is 0 Å². The molecule has 4 aromatic rings. The van der Waals surface area contributed by atoms with Gasteiger partial charge in [0.15, 0.2) is 17.3 Å². The van der Waals surface area contributed by atoms with Gasteiger partial charge in [-0.25, -0.2) is 4.39 Å². The van der Waals surface area contributed by atoms with Crippen LogP contribution in [-0.2, 0) is 6.42 Å². The van der Waals surface area contributed by atoms with Crippen LogP contribution in [0.15, 0.2) is 103 Å². The second-order valence-electron chi connectivity index (χ2n) is 12.0. The average Bonchev–Trinajstić information content (AvgIpc) is 3.43. The fraction of sp³-hybridized carbons (Fsp3) is 0.216. The molecule has 2 heterocycles. The van der Waals surface area contributed by atoms with Crippen LogP contribution in [0.4, 0.5) is 10.1 Å². The minimum Gasteiger partial charge on any atom is -0.352 e. The number of nitrogens with zero attached hydrogens (tertiary/aromatic N) is 1. The van der Waals surface area contributed by atoms with E-state index in [1.165, 1.54) is 12.1 Å². The lowest BCUT2D eigenvalue weighted by Gasteiger charge is -2.37. The first-order chi connectivity index (χ1) is 20.3. The van der Waals surface area contributed by atoms with Gasteiger partial charge >= 0.3 is 0 Å². The van der Waals surface area contributed by atoms with Gasteiger partial charge < -0.3 is 4.90 Å². The normalized spacial score (nSPS) is 21.5. The minimum absolute atomic E-state index is 0.177. The molecule has 0 bridgehead atoms. The Bertz CT molecular complexity index is 1730. The van der Waals surface area contributed by atoms with Crippen molar-refractivity contribution >= 4 is 29.1 Å². The van der Waals surface area contributed by atoms with Crippen LogP contribution in [0.5, 0.6) is 0 Å². The first-order valence-electron chi connectivity index (χ1n) is 14.4. The molecule has 5 heteroatoms. The zero-order valence-corrected chi connectivity index (χ0v) is 23.5. The maximum Gasteiger partial charge on any atom is 0.185 e. The van der Waals surface area contributed by atoms with Gasteiger partial charge in [-0.15, -0.1) is 0 Å². The third-order valence-electron chi connectivity index (χ3n) is 9.09. The lowest BCUT2D eigenvalue weighted by Crippen LogP contribution is -2.48. The van der Waals surface area contributed by atoms with Gasteiger partial charge in [-0.3, -0.25) is 14.4 Å². The summed E-state index contributed by atoms with van der Waals surface area (Å²) in [7, 11) is 0. The Morgan fingerprint density at radius 2 is 1.45 bits per heavy atom. The van der Waals surface area contributed by atoms with Gasteiger partial charge in [-0.05, 0) is 47.2 Å². The third kappa shape index (κ3) is 3.69. The second-order valence-corrected chi connectivity index (χ2v) is 12.0. The van der Waals surface area contributed by atoms with Crippen molar-refractivity contribution < 1.29 is 18.8 Å². The van der Waals surface area contributed by atoms with E-state index < -0.39 is 29.2 Å². The number of para-hydroxylation sites is 1. The number of fused-ring (bicyclic) bond motifs is 5. The van der Waals surface area contributed by atoms with Gasteiger partial charge in [0.2, 0.25) is 0 Å². The van der Waals surface area contributed by atoms with E-state index in [0.717, 1.165) is 23.2 Å². The van der Waals surface area contributed by atoms with Crippen molar-refractivity contribution in [3.63, 3.8) is 0 Å². The quantitative estimate of drug-likeness (QED) is 0.191. The van der Waals surface area contributed by atoms with Crippen LogP contribution in [-0.4, -0.2) is 29.4 Å². The number of carbonyl (C=O) groups excluding carboxylic acids is 3. The lowest BCUT2D eigenvalue weighted by molar-refractivity contribution is 0.0666. The molecule has 1 fully saturated rings. The molecule has 42 heavy (non-hydrogen) atoms. The molecule has 1 aliphatic carbocycles. The number of carbonyl (C=O) groups is 3. The highest BCUT2D eigenvalue weighted by Gasteiger charge is 2.71. The maximum absolute atomic E-state index is 14.8. The Hall–Kier alpha value is -4.64. The fourth-order valence-electron chi connectivity index (χ4n) is 7.41. The van der Waals surface area contributed by atoms with E-state index >= 15 is 0 Å². The maximum atomic E-state index is 14.8. The number of hydrogen-bond donors (Lipinski definition) is 0. The zero-order valence-electron chi connectivity index (χ0n) is 23.5. The molecule has 208 valence electrons. The van der Waals surface area contributed by atoms with Gasteiger partial charge in [0.25, 0.3) is 0 Å². The van der Waals surface area contributed by atoms with Crippen LogP contribution in [0, 0.1) is 17.2 Å². The Labute approximate surface area is 244 Å². The molecule has 4 nitrogen and oxygen atoms in total. The molecular formula is C37H30FNO3. The highest BCUT2D eigenvalue weighted by atomic mass is 19.1. The Morgan fingerprint density at radius 1 is 0.833 bits per heavy atom. The van der Waals surface area contributed by atoms with E-state index in [4.69, 9.17) is 0 Å². The Morgan fingerprint density at radius 3 is 2.10 bits per heavy atom. The molecule has 4 aromatic carbocycles. The fourth-order valence-corrected chi connectivity index (χ4v) is 7.41. The molecule has 0 unspecified atom stereocenters. The lowest BCUT2D eigenvalue weighted by atomic mass is 9.64. The van der Waals surface area contributed by atoms with E-state index in [0.29, 0.717) is 28.2 Å². The highest BCUT2D eigenvalue weighted by molar-refractivity contribution is 6.32. The smallest absolute Gasteiger partial charge is 0.185 e. The van der Waals surface area contributed by atoms with Crippen molar-refractivity contribution in [2.24, 2.45) is 11.3 Å². The first-order valence-corrected chi connectivity index (χ1v) is 14.4. The summed E-state index contributed by atoms with van der Waals surface area (Å²) in [5.41, 5.74) is 3.08. The van der Waals surface area contributed by atoms with Gasteiger partial charge in [-0.1, -0.05) is 105 Å². The predicted molar refractivity (Wildman–Crippen MR) is 162 cm³/mol. The molecule has 0 amide bonds. The van der Waals surface area contributed by atoms with Gasteiger partial charge in [0.05, 0.1) is 6.04 Å². The summed E-state index contributed by atoms with van der Waals surface area (Å²) in [5, 5.41) is 0. The summed E-state index contributed by atoms with van der Waals surface area (Å²) in [6.07, 6.45) is 4.74.